The number of carbonyl (C=O) groups excluding carboxylic acids is 2. The fourth-order valence-corrected chi connectivity index (χ4v) is 1.63. The fourth-order valence-electron chi connectivity index (χ4n) is 1.36. The van der Waals surface area contributed by atoms with E-state index >= 15 is 0 Å². The van der Waals surface area contributed by atoms with Crippen LogP contribution >= 0.6 is 15.9 Å². The maximum Gasteiger partial charge on any atom is 0.407 e. The molecule has 1 aromatic rings. The van der Waals surface area contributed by atoms with Gasteiger partial charge in [0.15, 0.2) is 0 Å². The summed E-state index contributed by atoms with van der Waals surface area (Å²) in [5, 5.41) is 7.67. The van der Waals surface area contributed by atoms with Gasteiger partial charge in [-0.1, -0.05) is 28.1 Å². The molecular formula is C14H18BrN3O3. The zero-order valence-corrected chi connectivity index (χ0v) is 13.3. The molecule has 3 amide bonds. The molecule has 0 aliphatic carbocycles. The van der Waals surface area contributed by atoms with Crippen molar-refractivity contribution in [2.45, 2.75) is 6.92 Å². The predicted molar refractivity (Wildman–Crippen MR) is 84.7 cm³/mol. The second-order valence-electron chi connectivity index (χ2n) is 3.93. The first-order valence-electron chi connectivity index (χ1n) is 6.49. The number of alkyl carbamates (subject to hydrolysis) is 1. The summed E-state index contributed by atoms with van der Waals surface area (Å²) in [5.74, 6) is 0. The average molecular weight is 356 g/mol. The van der Waals surface area contributed by atoms with E-state index in [4.69, 9.17) is 0 Å². The summed E-state index contributed by atoms with van der Waals surface area (Å²) < 4.78 is 5.68. The summed E-state index contributed by atoms with van der Waals surface area (Å²) >= 11 is 3.35. The number of urea groups is 1. The largest absolute Gasteiger partial charge is 0.450 e. The molecule has 0 saturated heterocycles. The normalized spacial score (nSPS) is 10.2. The van der Waals surface area contributed by atoms with Crippen LogP contribution in [-0.4, -0.2) is 31.8 Å². The lowest BCUT2D eigenvalue weighted by molar-refractivity contribution is 0.152. The van der Waals surface area contributed by atoms with E-state index < -0.39 is 6.09 Å². The maximum atomic E-state index is 11.4. The van der Waals surface area contributed by atoms with Crippen LogP contribution in [0, 0.1) is 0 Å². The van der Waals surface area contributed by atoms with Gasteiger partial charge in [-0.3, -0.25) is 0 Å². The van der Waals surface area contributed by atoms with Crippen LogP contribution in [0.1, 0.15) is 12.5 Å². The highest BCUT2D eigenvalue weighted by molar-refractivity contribution is 9.10. The average Bonchev–Trinajstić information content (AvgIpc) is 2.46. The SMILES string of the molecule is CCOC(=O)NCCNC(=O)N/C=C/c1ccc(Br)cc1. The number of hydrogen-bond donors (Lipinski definition) is 3. The standard InChI is InChI=1S/C14H18BrN3O3/c1-2-21-14(20)18-10-9-17-13(19)16-8-7-11-3-5-12(15)6-4-11/h3-8H,2,9-10H2,1H3,(H,18,20)(H2,16,17,19)/b8-7+. The van der Waals surface area contributed by atoms with Crippen LogP contribution in [-0.2, 0) is 4.74 Å². The van der Waals surface area contributed by atoms with E-state index in [0.717, 1.165) is 10.0 Å². The minimum absolute atomic E-state index is 0.308. The number of amides is 3. The van der Waals surface area contributed by atoms with Crippen LogP contribution in [0.15, 0.2) is 34.9 Å². The van der Waals surface area contributed by atoms with Gasteiger partial charge >= 0.3 is 12.1 Å². The number of nitrogens with one attached hydrogen (secondary N) is 3. The van der Waals surface area contributed by atoms with Crippen LogP contribution in [0.2, 0.25) is 0 Å². The Morgan fingerprint density at radius 2 is 1.86 bits per heavy atom. The molecule has 1 aromatic carbocycles. The van der Waals surface area contributed by atoms with Gasteiger partial charge in [0.1, 0.15) is 0 Å². The Bertz CT molecular complexity index is 489. The molecule has 0 aromatic heterocycles. The number of carbonyl (C=O) groups is 2. The molecule has 0 spiro atoms. The van der Waals surface area contributed by atoms with Gasteiger partial charge in [0.2, 0.25) is 0 Å². The zero-order chi connectivity index (χ0) is 15.5. The van der Waals surface area contributed by atoms with Crippen molar-refractivity contribution in [2.75, 3.05) is 19.7 Å². The summed E-state index contributed by atoms with van der Waals surface area (Å²) in [6.07, 6.45) is 2.84. The van der Waals surface area contributed by atoms with E-state index in [1.165, 1.54) is 0 Å². The smallest absolute Gasteiger partial charge is 0.407 e. The van der Waals surface area contributed by atoms with Gasteiger partial charge in [0.05, 0.1) is 6.61 Å². The second kappa shape index (κ2) is 9.82. The molecule has 6 nitrogen and oxygen atoms in total. The molecule has 1 rings (SSSR count). The maximum absolute atomic E-state index is 11.4. The molecule has 0 aliphatic heterocycles. The van der Waals surface area contributed by atoms with Crippen LogP contribution in [0.4, 0.5) is 9.59 Å². The Morgan fingerprint density at radius 3 is 2.52 bits per heavy atom. The minimum Gasteiger partial charge on any atom is -0.450 e. The third-order valence-corrected chi connectivity index (χ3v) is 2.84. The van der Waals surface area contributed by atoms with Crippen LogP contribution in [0.5, 0.6) is 0 Å². The van der Waals surface area contributed by atoms with E-state index in [-0.39, 0.29) is 6.03 Å². The summed E-state index contributed by atoms with van der Waals surface area (Å²) in [7, 11) is 0. The molecular weight excluding hydrogens is 338 g/mol. The molecule has 7 heteroatoms. The van der Waals surface area contributed by atoms with Crippen LogP contribution in [0.25, 0.3) is 6.08 Å². The summed E-state index contributed by atoms with van der Waals surface area (Å²) in [6.45, 7) is 2.67. The van der Waals surface area contributed by atoms with Crippen molar-refractivity contribution in [1.82, 2.24) is 16.0 Å². The molecule has 0 saturated carbocycles. The molecule has 0 heterocycles. The van der Waals surface area contributed by atoms with E-state index in [9.17, 15) is 9.59 Å². The van der Waals surface area contributed by atoms with Crippen molar-refractivity contribution >= 4 is 34.1 Å². The minimum atomic E-state index is -0.491. The first-order chi connectivity index (χ1) is 10.1. The number of benzene rings is 1. The third kappa shape index (κ3) is 7.98. The number of rotatable bonds is 6. The fraction of sp³-hybridized carbons (Fsp3) is 0.286. The third-order valence-electron chi connectivity index (χ3n) is 2.32. The Kier molecular flexibility index (Phi) is 7.96. The highest BCUT2D eigenvalue weighted by Gasteiger charge is 1.99. The molecule has 0 aliphatic rings. The van der Waals surface area contributed by atoms with Crippen LogP contribution < -0.4 is 16.0 Å². The van der Waals surface area contributed by atoms with E-state index in [1.54, 1.807) is 19.2 Å². The van der Waals surface area contributed by atoms with Crippen molar-refractivity contribution in [1.29, 1.82) is 0 Å². The Balaban J connectivity index is 2.16. The first kappa shape index (κ1) is 17.0. The lowest BCUT2D eigenvalue weighted by Crippen LogP contribution is -2.38. The monoisotopic (exact) mass is 355 g/mol. The predicted octanol–water partition coefficient (Wildman–Crippen LogP) is 2.47. The summed E-state index contributed by atoms with van der Waals surface area (Å²) in [6, 6.07) is 7.34. The van der Waals surface area contributed by atoms with Crippen molar-refractivity contribution in [3.63, 3.8) is 0 Å². The molecule has 0 atom stereocenters. The van der Waals surface area contributed by atoms with Gasteiger partial charge in [-0.25, -0.2) is 9.59 Å². The van der Waals surface area contributed by atoms with Gasteiger partial charge in [-0.05, 0) is 30.7 Å². The van der Waals surface area contributed by atoms with Crippen molar-refractivity contribution in [3.8, 4) is 0 Å². The molecule has 0 bridgehead atoms. The van der Waals surface area contributed by atoms with E-state index in [0.29, 0.717) is 19.7 Å². The Morgan fingerprint density at radius 1 is 1.19 bits per heavy atom. The topological polar surface area (TPSA) is 79.5 Å². The Labute approximate surface area is 132 Å². The van der Waals surface area contributed by atoms with Gasteiger partial charge in [-0.2, -0.15) is 0 Å². The van der Waals surface area contributed by atoms with Crippen LogP contribution in [0.3, 0.4) is 0 Å². The van der Waals surface area contributed by atoms with Gasteiger partial charge < -0.3 is 20.7 Å². The molecule has 0 unspecified atom stereocenters. The molecule has 3 N–H and O–H groups in total. The highest BCUT2D eigenvalue weighted by atomic mass is 79.9. The zero-order valence-electron chi connectivity index (χ0n) is 11.7. The van der Waals surface area contributed by atoms with Crippen molar-refractivity contribution in [3.05, 3.63) is 40.5 Å². The lowest BCUT2D eigenvalue weighted by atomic mass is 10.2. The number of hydrogen-bond acceptors (Lipinski definition) is 3. The quantitative estimate of drug-likeness (QED) is 0.685. The van der Waals surface area contributed by atoms with E-state index in [2.05, 4.69) is 36.6 Å². The Hall–Kier alpha value is -2.02. The number of halogens is 1. The van der Waals surface area contributed by atoms with Crippen molar-refractivity contribution < 1.29 is 14.3 Å². The highest BCUT2D eigenvalue weighted by Crippen LogP contribution is 2.10. The molecule has 21 heavy (non-hydrogen) atoms. The second-order valence-corrected chi connectivity index (χ2v) is 4.85. The molecule has 0 radical (unpaired) electrons. The van der Waals surface area contributed by atoms with Crippen molar-refractivity contribution in [2.24, 2.45) is 0 Å². The molecule has 114 valence electrons. The van der Waals surface area contributed by atoms with Gasteiger partial charge in [-0.15, -0.1) is 0 Å². The molecule has 0 fully saturated rings. The lowest BCUT2D eigenvalue weighted by Gasteiger charge is -2.06. The first-order valence-corrected chi connectivity index (χ1v) is 7.28. The summed E-state index contributed by atoms with van der Waals surface area (Å²) in [4.78, 5) is 22.4. The van der Waals surface area contributed by atoms with Gasteiger partial charge in [0.25, 0.3) is 0 Å². The number of ether oxygens (including phenoxy) is 1. The van der Waals surface area contributed by atoms with Gasteiger partial charge in [0, 0.05) is 23.8 Å². The van der Waals surface area contributed by atoms with E-state index in [1.807, 2.05) is 24.3 Å². The summed E-state index contributed by atoms with van der Waals surface area (Å²) in [5.41, 5.74) is 0.975.